The van der Waals surface area contributed by atoms with Crippen molar-refractivity contribution in [2.45, 2.75) is 46.1 Å². The Kier molecular flexibility index (Phi) is 5.00. The average Bonchev–Trinajstić information content (AvgIpc) is 2.12. The Morgan fingerprint density at radius 2 is 1.88 bits per heavy atom. The van der Waals surface area contributed by atoms with Crippen LogP contribution in [0, 0.1) is 11.8 Å². The second-order valence-electron chi connectivity index (χ2n) is 5.18. The molecule has 0 aromatic carbocycles. The van der Waals surface area contributed by atoms with Crippen molar-refractivity contribution < 1.29 is 14.6 Å². The molecule has 1 N–H and O–H groups in total. The summed E-state index contributed by atoms with van der Waals surface area (Å²) < 4.78 is 5.75. The van der Waals surface area contributed by atoms with E-state index in [4.69, 9.17) is 9.84 Å². The molecule has 1 aliphatic rings. The number of rotatable bonds is 4. The van der Waals surface area contributed by atoms with Gasteiger partial charge in [0.2, 0.25) is 0 Å². The number of carboxylic acids is 1. The van der Waals surface area contributed by atoms with Gasteiger partial charge in [0.05, 0.1) is 12.7 Å². The van der Waals surface area contributed by atoms with E-state index in [1.807, 2.05) is 0 Å². The second kappa shape index (κ2) is 6.04. The normalized spacial score (nSPS) is 31.4. The number of ether oxygens (including phenoxy) is 1. The first-order valence-corrected chi connectivity index (χ1v) is 5.99. The van der Waals surface area contributed by atoms with Crippen LogP contribution in [0.2, 0.25) is 0 Å². The molecule has 0 amide bonds. The first kappa shape index (κ1) is 13.2. The lowest BCUT2D eigenvalue weighted by atomic mass is 9.82. The number of hydrogen-bond donors (Lipinski definition) is 1. The molecule has 3 nitrogen and oxygen atoms in total. The third-order valence-electron chi connectivity index (χ3n) is 3.05. The highest BCUT2D eigenvalue weighted by atomic mass is 16.5. The van der Waals surface area contributed by atoms with E-state index in [9.17, 15) is 4.79 Å². The summed E-state index contributed by atoms with van der Waals surface area (Å²) in [6, 6.07) is 0. The molecule has 2 atom stereocenters. The molecular weight excluding hydrogens is 204 g/mol. The van der Waals surface area contributed by atoms with E-state index in [0.717, 1.165) is 30.3 Å². The van der Waals surface area contributed by atoms with Gasteiger partial charge in [-0.2, -0.15) is 0 Å². The van der Waals surface area contributed by atoms with Gasteiger partial charge in [0.1, 0.15) is 0 Å². The lowest BCUT2D eigenvalue weighted by Crippen LogP contribution is -2.26. The predicted molar refractivity (Wildman–Crippen MR) is 63.3 cm³/mol. The number of hydrogen-bond acceptors (Lipinski definition) is 2. The molecule has 0 aliphatic heterocycles. The molecule has 1 aliphatic carbocycles. The highest BCUT2D eigenvalue weighted by molar-refractivity contribution is 5.80. The zero-order chi connectivity index (χ0) is 12.1. The lowest BCUT2D eigenvalue weighted by Gasteiger charge is -2.31. The summed E-state index contributed by atoms with van der Waals surface area (Å²) in [5, 5.41) is 8.57. The highest BCUT2D eigenvalue weighted by Gasteiger charge is 2.24. The zero-order valence-electron chi connectivity index (χ0n) is 10.4. The van der Waals surface area contributed by atoms with Gasteiger partial charge < -0.3 is 9.84 Å². The fourth-order valence-electron chi connectivity index (χ4n) is 2.51. The molecule has 0 saturated heterocycles. The summed E-state index contributed by atoms with van der Waals surface area (Å²) in [6.07, 6.45) is 5.01. The van der Waals surface area contributed by atoms with Crippen molar-refractivity contribution in [3.8, 4) is 0 Å². The largest absolute Gasteiger partial charge is 0.478 e. The van der Waals surface area contributed by atoms with E-state index in [2.05, 4.69) is 13.8 Å². The van der Waals surface area contributed by atoms with Gasteiger partial charge in [-0.05, 0) is 43.6 Å². The van der Waals surface area contributed by atoms with Crippen molar-refractivity contribution in [3.63, 3.8) is 0 Å². The van der Waals surface area contributed by atoms with Crippen molar-refractivity contribution in [1.29, 1.82) is 0 Å². The molecule has 92 valence electrons. The van der Waals surface area contributed by atoms with E-state index >= 15 is 0 Å². The van der Waals surface area contributed by atoms with Crippen LogP contribution in [-0.4, -0.2) is 23.8 Å². The molecule has 0 aromatic rings. The van der Waals surface area contributed by atoms with E-state index in [-0.39, 0.29) is 0 Å². The van der Waals surface area contributed by atoms with Crippen molar-refractivity contribution in [2.75, 3.05) is 6.61 Å². The van der Waals surface area contributed by atoms with Crippen molar-refractivity contribution >= 4 is 5.97 Å². The summed E-state index contributed by atoms with van der Waals surface area (Å²) in [4.78, 5) is 10.4. The summed E-state index contributed by atoms with van der Waals surface area (Å²) >= 11 is 0. The van der Waals surface area contributed by atoms with Crippen LogP contribution in [0.1, 0.15) is 40.0 Å². The summed E-state index contributed by atoms with van der Waals surface area (Å²) in [5.41, 5.74) is 0.776. The summed E-state index contributed by atoms with van der Waals surface area (Å²) in [5.74, 6) is 0.543. The van der Waals surface area contributed by atoms with Gasteiger partial charge in [0, 0.05) is 6.08 Å². The van der Waals surface area contributed by atoms with Crippen LogP contribution in [0.4, 0.5) is 0 Å². The fraction of sp³-hybridized carbons (Fsp3) is 0.769. The Hall–Kier alpha value is -0.830. The van der Waals surface area contributed by atoms with Crippen molar-refractivity contribution in [2.24, 2.45) is 11.8 Å². The van der Waals surface area contributed by atoms with E-state index < -0.39 is 5.97 Å². The van der Waals surface area contributed by atoms with Crippen LogP contribution >= 0.6 is 0 Å². The third-order valence-corrected chi connectivity index (χ3v) is 3.05. The first-order valence-electron chi connectivity index (χ1n) is 5.99. The standard InChI is InChI=1S/C13H22O3/c1-9-4-10(2)6-12(5-9)16-8-11(3)7-13(14)15/h7,9-10,12H,4-6,8H2,1-3H3,(H,14,15). The van der Waals surface area contributed by atoms with Crippen LogP contribution in [0.3, 0.4) is 0 Å². The molecule has 0 bridgehead atoms. The minimum atomic E-state index is -0.897. The van der Waals surface area contributed by atoms with Gasteiger partial charge in [-0.25, -0.2) is 4.79 Å². The van der Waals surface area contributed by atoms with Gasteiger partial charge >= 0.3 is 5.97 Å². The summed E-state index contributed by atoms with van der Waals surface area (Å²) in [7, 11) is 0. The maximum Gasteiger partial charge on any atom is 0.328 e. The Labute approximate surface area is 97.5 Å². The molecule has 0 heterocycles. The SMILES string of the molecule is CC(=CC(=O)O)COC1CC(C)CC(C)C1. The molecule has 3 heteroatoms. The predicted octanol–water partition coefficient (Wildman–Crippen LogP) is 2.86. The van der Waals surface area contributed by atoms with Gasteiger partial charge in [0.15, 0.2) is 0 Å². The maximum absolute atomic E-state index is 10.4. The van der Waals surface area contributed by atoms with Crippen molar-refractivity contribution in [3.05, 3.63) is 11.6 Å². The topological polar surface area (TPSA) is 46.5 Å². The highest BCUT2D eigenvalue weighted by Crippen LogP contribution is 2.30. The molecule has 1 rings (SSSR count). The van der Waals surface area contributed by atoms with Crippen LogP contribution < -0.4 is 0 Å². The molecule has 2 unspecified atom stereocenters. The average molecular weight is 226 g/mol. The lowest BCUT2D eigenvalue weighted by molar-refractivity contribution is -0.131. The first-order chi connectivity index (χ1) is 7.47. The van der Waals surface area contributed by atoms with Crippen LogP contribution in [0.15, 0.2) is 11.6 Å². The molecular formula is C13H22O3. The van der Waals surface area contributed by atoms with Crippen molar-refractivity contribution in [1.82, 2.24) is 0 Å². The Morgan fingerprint density at radius 1 is 1.31 bits per heavy atom. The Bertz CT molecular complexity index is 260. The molecule has 1 fully saturated rings. The quantitative estimate of drug-likeness (QED) is 0.750. The minimum absolute atomic E-state index is 0.302. The van der Waals surface area contributed by atoms with Gasteiger partial charge in [0.25, 0.3) is 0 Å². The minimum Gasteiger partial charge on any atom is -0.478 e. The summed E-state index contributed by atoms with van der Waals surface area (Å²) in [6.45, 7) is 6.75. The molecule has 0 radical (unpaired) electrons. The van der Waals surface area contributed by atoms with E-state index in [0.29, 0.717) is 12.7 Å². The van der Waals surface area contributed by atoms with Crippen LogP contribution in [0.25, 0.3) is 0 Å². The smallest absolute Gasteiger partial charge is 0.328 e. The maximum atomic E-state index is 10.4. The fourth-order valence-corrected chi connectivity index (χ4v) is 2.51. The van der Waals surface area contributed by atoms with E-state index in [1.54, 1.807) is 6.92 Å². The van der Waals surface area contributed by atoms with Gasteiger partial charge in [-0.3, -0.25) is 0 Å². The molecule has 1 saturated carbocycles. The van der Waals surface area contributed by atoms with Crippen LogP contribution in [-0.2, 0) is 9.53 Å². The second-order valence-corrected chi connectivity index (χ2v) is 5.18. The number of carbonyl (C=O) groups is 1. The number of aliphatic carboxylic acids is 1. The number of carboxylic acid groups (broad SMARTS) is 1. The molecule has 16 heavy (non-hydrogen) atoms. The Balaban J connectivity index is 2.34. The van der Waals surface area contributed by atoms with Gasteiger partial charge in [-0.15, -0.1) is 0 Å². The molecule has 0 aromatic heterocycles. The van der Waals surface area contributed by atoms with Gasteiger partial charge in [-0.1, -0.05) is 13.8 Å². The third kappa shape index (κ3) is 4.79. The van der Waals surface area contributed by atoms with Crippen LogP contribution in [0.5, 0.6) is 0 Å². The monoisotopic (exact) mass is 226 g/mol. The molecule has 0 spiro atoms. The van der Waals surface area contributed by atoms with E-state index in [1.165, 1.54) is 12.5 Å². The zero-order valence-corrected chi connectivity index (χ0v) is 10.4. The Morgan fingerprint density at radius 3 is 2.38 bits per heavy atom.